The van der Waals surface area contributed by atoms with Crippen molar-refractivity contribution in [2.24, 2.45) is 5.41 Å². The average molecular weight is 290 g/mol. The van der Waals surface area contributed by atoms with Crippen molar-refractivity contribution in [1.82, 2.24) is 10.2 Å². The Morgan fingerprint density at radius 3 is 2.62 bits per heavy atom. The molecule has 1 aromatic rings. The van der Waals surface area contributed by atoms with Gasteiger partial charge in [-0.1, -0.05) is 18.2 Å². The molecule has 0 unspecified atom stereocenters. The van der Waals surface area contributed by atoms with E-state index in [1.54, 1.807) is 12.1 Å². The number of hydrogen-bond donors (Lipinski definition) is 2. The van der Waals surface area contributed by atoms with Gasteiger partial charge in [-0.25, -0.2) is 0 Å². The van der Waals surface area contributed by atoms with Crippen LogP contribution < -0.4 is 5.32 Å². The summed E-state index contributed by atoms with van der Waals surface area (Å²) < 4.78 is 0. The molecule has 0 aliphatic carbocycles. The Hall–Kier alpha value is -2.37. The van der Waals surface area contributed by atoms with Crippen LogP contribution in [0.25, 0.3) is 0 Å². The second-order valence-electron chi connectivity index (χ2n) is 5.78. The summed E-state index contributed by atoms with van der Waals surface area (Å²) in [5.74, 6) is -1.50. The minimum atomic E-state index is -1.03. The molecular formula is C15H18N2O4. The van der Waals surface area contributed by atoms with Gasteiger partial charge in [0.15, 0.2) is 0 Å². The highest BCUT2D eigenvalue weighted by Gasteiger charge is 2.30. The molecule has 1 aliphatic rings. The number of hydrogen-bond acceptors (Lipinski definition) is 3. The number of nitrogens with zero attached hydrogens (tertiary/aromatic N) is 1. The molecule has 112 valence electrons. The van der Waals surface area contributed by atoms with Crippen molar-refractivity contribution in [3.63, 3.8) is 0 Å². The van der Waals surface area contributed by atoms with Crippen LogP contribution >= 0.6 is 0 Å². The molecule has 0 bridgehead atoms. The number of amides is 2. The molecule has 21 heavy (non-hydrogen) atoms. The number of carboxylic acid groups (broad SMARTS) is 1. The number of nitrogens with one attached hydrogen (secondary N) is 1. The van der Waals surface area contributed by atoms with Gasteiger partial charge < -0.3 is 15.3 Å². The highest BCUT2D eigenvalue weighted by Crippen LogP contribution is 2.21. The van der Waals surface area contributed by atoms with Crippen LogP contribution in [0.5, 0.6) is 0 Å². The van der Waals surface area contributed by atoms with Crippen LogP contribution in [0.2, 0.25) is 0 Å². The highest BCUT2D eigenvalue weighted by atomic mass is 16.4. The van der Waals surface area contributed by atoms with Crippen molar-refractivity contribution in [2.75, 3.05) is 13.1 Å². The molecule has 2 rings (SSSR count). The Morgan fingerprint density at radius 2 is 2.00 bits per heavy atom. The van der Waals surface area contributed by atoms with Gasteiger partial charge in [0.1, 0.15) is 6.54 Å². The highest BCUT2D eigenvalue weighted by molar-refractivity contribution is 6.00. The van der Waals surface area contributed by atoms with Crippen molar-refractivity contribution in [1.29, 1.82) is 0 Å². The predicted octanol–water partition coefficient (Wildman–Crippen LogP) is 0.869. The Morgan fingerprint density at radius 1 is 1.33 bits per heavy atom. The van der Waals surface area contributed by atoms with E-state index in [9.17, 15) is 14.4 Å². The summed E-state index contributed by atoms with van der Waals surface area (Å²) in [5, 5.41) is 11.5. The van der Waals surface area contributed by atoms with Crippen molar-refractivity contribution in [3.05, 3.63) is 35.4 Å². The largest absolute Gasteiger partial charge is 0.481 e. The van der Waals surface area contributed by atoms with Crippen LogP contribution in [0.3, 0.4) is 0 Å². The first-order valence-corrected chi connectivity index (χ1v) is 6.68. The standard InChI is InChI=1S/C15H18N2O4/c1-15(2,14(20)21)9-16-12(18)8-17-7-10-5-3-4-6-11(10)13(17)19/h3-6H,7-9H2,1-2H3,(H,16,18)(H,20,21). The van der Waals surface area contributed by atoms with Gasteiger partial charge in [0.2, 0.25) is 5.91 Å². The van der Waals surface area contributed by atoms with Crippen molar-refractivity contribution >= 4 is 17.8 Å². The fourth-order valence-corrected chi connectivity index (χ4v) is 2.07. The molecule has 0 atom stereocenters. The van der Waals surface area contributed by atoms with Gasteiger partial charge in [-0.05, 0) is 25.5 Å². The maximum absolute atomic E-state index is 12.1. The van der Waals surface area contributed by atoms with Gasteiger partial charge in [0.05, 0.1) is 5.41 Å². The Labute approximate surface area is 122 Å². The van der Waals surface area contributed by atoms with Crippen molar-refractivity contribution in [2.45, 2.75) is 20.4 Å². The van der Waals surface area contributed by atoms with Crippen molar-refractivity contribution < 1.29 is 19.5 Å². The number of benzene rings is 1. The minimum absolute atomic E-state index is 0.0240. The second kappa shape index (κ2) is 5.55. The first-order valence-electron chi connectivity index (χ1n) is 6.68. The molecule has 1 heterocycles. The maximum atomic E-state index is 12.1. The third kappa shape index (κ3) is 3.21. The first kappa shape index (κ1) is 15.0. The number of carbonyl (C=O) groups is 3. The third-order valence-electron chi connectivity index (χ3n) is 3.54. The normalized spacial score (nSPS) is 14.0. The predicted molar refractivity (Wildman–Crippen MR) is 75.6 cm³/mol. The van der Waals surface area contributed by atoms with E-state index >= 15 is 0 Å². The van der Waals surface area contributed by atoms with Crippen LogP contribution in [0.15, 0.2) is 24.3 Å². The van der Waals surface area contributed by atoms with E-state index in [1.165, 1.54) is 18.7 Å². The Bertz CT molecular complexity index is 595. The summed E-state index contributed by atoms with van der Waals surface area (Å²) in [6, 6.07) is 7.24. The number of rotatable bonds is 5. The summed E-state index contributed by atoms with van der Waals surface area (Å²) in [7, 11) is 0. The first-order chi connectivity index (χ1) is 9.81. The van der Waals surface area contributed by atoms with E-state index in [2.05, 4.69) is 5.32 Å². The fourth-order valence-electron chi connectivity index (χ4n) is 2.07. The summed E-state index contributed by atoms with van der Waals surface area (Å²) in [4.78, 5) is 36.4. The summed E-state index contributed by atoms with van der Waals surface area (Å²) in [6.07, 6.45) is 0. The molecular weight excluding hydrogens is 272 g/mol. The van der Waals surface area contributed by atoms with Crippen LogP contribution in [0, 0.1) is 5.41 Å². The number of fused-ring (bicyclic) bond motifs is 1. The zero-order chi connectivity index (χ0) is 15.6. The molecule has 2 N–H and O–H groups in total. The van der Waals surface area contributed by atoms with Gasteiger partial charge in [0, 0.05) is 18.7 Å². The molecule has 0 fully saturated rings. The summed E-state index contributed by atoms with van der Waals surface area (Å²) >= 11 is 0. The molecule has 0 aromatic heterocycles. The van der Waals surface area contributed by atoms with E-state index in [-0.39, 0.29) is 24.9 Å². The van der Waals surface area contributed by atoms with Crippen LogP contribution in [0.4, 0.5) is 0 Å². The molecule has 6 heteroatoms. The quantitative estimate of drug-likeness (QED) is 0.842. The molecule has 1 aromatic carbocycles. The lowest BCUT2D eigenvalue weighted by molar-refractivity contribution is -0.146. The molecule has 0 saturated heterocycles. The molecule has 0 spiro atoms. The van der Waals surface area contributed by atoms with Gasteiger partial charge in [0.25, 0.3) is 5.91 Å². The van der Waals surface area contributed by atoms with Crippen molar-refractivity contribution in [3.8, 4) is 0 Å². The lowest BCUT2D eigenvalue weighted by Gasteiger charge is -2.21. The van der Waals surface area contributed by atoms with Crippen LogP contribution in [-0.4, -0.2) is 40.9 Å². The molecule has 0 radical (unpaired) electrons. The molecule has 2 amide bonds. The minimum Gasteiger partial charge on any atom is -0.481 e. The maximum Gasteiger partial charge on any atom is 0.310 e. The van der Waals surface area contributed by atoms with E-state index < -0.39 is 11.4 Å². The smallest absolute Gasteiger partial charge is 0.310 e. The topological polar surface area (TPSA) is 86.7 Å². The fraction of sp³-hybridized carbons (Fsp3) is 0.400. The zero-order valence-electron chi connectivity index (χ0n) is 12.0. The average Bonchev–Trinajstić information content (AvgIpc) is 2.74. The van der Waals surface area contributed by atoms with Crippen LogP contribution in [0.1, 0.15) is 29.8 Å². The Kier molecular flexibility index (Phi) is 3.97. The van der Waals surface area contributed by atoms with E-state index in [0.717, 1.165) is 5.56 Å². The Balaban J connectivity index is 1.91. The number of carboxylic acids is 1. The SMILES string of the molecule is CC(C)(CNC(=O)CN1Cc2ccccc2C1=O)C(=O)O. The van der Waals surface area contributed by atoms with E-state index in [0.29, 0.717) is 12.1 Å². The van der Waals surface area contributed by atoms with Gasteiger partial charge in [-0.15, -0.1) is 0 Å². The third-order valence-corrected chi connectivity index (χ3v) is 3.54. The lowest BCUT2D eigenvalue weighted by Crippen LogP contribution is -2.43. The molecule has 6 nitrogen and oxygen atoms in total. The molecule has 0 saturated carbocycles. The van der Waals surface area contributed by atoms with Gasteiger partial charge in [-0.2, -0.15) is 0 Å². The van der Waals surface area contributed by atoms with E-state index in [4.69, 9.17) is 5.11 Å². The monoisotopic (exact) mass is 290 g/mol. The zero-order valence-corrected chi connectivity index (χ0v) is 12.0. The lowest BCUT2D eigenvalue weighted by atomic mass is 9.94. The number of carbonyl (C=O) groups excluding carboxylic acids is 2. The van der Waals surface area contributed by atoms with Gasteiger partial charge >= 0.3 is 5.97 Å². The van der Waals surface area contributed by atoms with Crippen LogP contribution in [-0.2, 0) is 16.1 Å². The number of aliphatic carboxylic acids is 1. The molecule has 1 aliphatic heterocycles. The van der Waals surface area contributed by atoms with Gasteiger partial charge in [-0.3, -0.25) is 14.4 Å². The second-order valence-corrected chi connectivity index (χ2v) is 5.78. The van der Waals surface area contributed by atoms with E-state index in [1.807, 2.05) is 12.1 Å². The summed E-state index contributed by atoms with van der Waals surface area (Å²) in [6.45, 7) is 3.43. The summed E-state index contributed by atoms with van der Waals surface area (Å²) in [5.41, 5.74) is 0.491.